The molecule has 3 heterocycles. The predicted octanol–water partition coefficient (Wildman–Crippen LogP) is 6.89. The molecule has 9 heteroatoms. The van der Waals surface area contributed by atoms with Gasteiger partial charge in [0.15, 0.2) is 0 Å². The number of allylic oxidation sites excluding steroid dienone is 3. The van der Waals surface area contributed by atoms with E-state index in [0.717, 1.165) is 30.6 Å². The van der Waals surface area contributed by atoms with Crippen LogP contribution in [0.15, 0.2) is 77.1 Å². The number of imidazole rings is 1. The second-order valence-corrected chi connectivity index (χ2v) is 11.4. The smallest absolute Gasteiger partial charge is 0.275 e. The molecule has 4 aromatic rings. The summed E-state index contributed by atoms with van der Waals surface area (Å²) in [6, 6.07) is 14.1. The fourth-order valence-electron chi connectivity index (χ4n) is 5.62. The van der Waals surface area contributed by atoms with E-state index >= 15 is 0 Å². The van der Waals surface area contributed by atoms with E-state index in [1.165, 1.54) is 38.0 Å². The Bertz CT molecular complexity index is 1700. The maximum absolute atomic E-state index is 14.7. The summed E-state index contributed by atoms with van der Waals surface area (Å²) in [6.45, 7) is 4.55. The van der Waals surface area contributed by atoms with E-state index in [1.807, 2.05) is 35.2 Å². The highest BCUT2D eigenvalue weighted by Crippen LogP contribution is 2.37. The van der Waals surface area contributed by atoms with Gasteiger partial charge < -0.3 is 15.2 Å². The predicted molar refractivity (Wildman–Crippen MR) is 164 cm³/mol. The van der Waals surface area contributed by atoms with Gasteiger partial charge in [0.25, 0.3) is 11.5 Å². The molecule has 0 saturated heterocycles. The first kappa shape index (κ1) is 27.9. The van der Waals surface area contributed by atoms with E-state index in [1.54, 1.807) is 10.6 Å². The zero-order valence-electron chi connectivity index (χ0n) is 24.0. The van der Waals surface area contributed by atoms with Crippen LogP contribution >= 0.6 is 0 Å². The van der Waals surface area contributed by atoms with Crippen LogP contribution in [0.5, 0.6) is 0 Å². The molecule has 0 saturated carbocycles. The fourth-order valence-corrected chi connectivity index (χ4v) is 5.62. The van der Waals surface area contributed by atoms with E-state index in [-0.39, 0.29) is 11.1 Å². The van der Waals surface area contributed by atoms with Crippen LogP contribution in [0.1, 0.15) is 56.4 Å². The van der Waals surface area contributed by atoms with Gasteiger partial charge in [-0.1, -0.05) is 61.9 Å². The maximum atomic E-state index is 14.7. The summed E-state index contributed by atoms with van der Waals surface area (Å²) < 4.78 is 31.0. The van der Waals surface area contributed by atoms with Gasteiger partial charge in [-0.15, -0.1) is 0 Å². The highest BCUT2D eigenvalue weighted by molar-refractivity contribution is 5.78. The first-order chi connectivity index (χ1) is 20.3. The zero-order chi connectivity index (χ0) is 29.3. The van der Waals surface area contributed by atoms with Crippen molar-refractivity contribution in [1.29, 1.82) is 0 Å². The summed E-state index contributed by atoms with van der Waals surface area (Å²) in [7, 11) is 0. The Labute approximate surface area is 244 Å². The lowest BCUT2D eigenvalue weighted by atomic mass is 9.97. The fraction of sp³-hybridized carbons (Fsp3) is 0.364. The number of benzene rings is 2. The molecule has 0 spiro atoms. The quantitative estimate of drug-likeness (QED) is 0.253. The van der Waals surface area contributed by atoms with Crippen LogP contribution in [0.3, 0.4) is 0 Å². The summed E-state index contributed by atoms with van der Waals surface area (Å²) in [5.41, 5.74) is 4.39. The Morgan fingerprint density at radius 2 is 1.90 bits per heavy atom. The number of alkyl halides is 2. The van der Waals surface area contributed by atoms with Crippen molar-refractivity contribution in [3.63, 3.8) is 0 Å². The van der Waals surface area contributed by atoms with Crippen LogP contribution < -0.4 is 15.8 Å². The van der Waals surface area contributed by atoms with E-state index in [0.29, 0.717) is 54.5 Å². The number of nitrogens with one attached hydrogen (secondary N) is 2. The van der Waals surface area contributed by atoms with Crippen molar-refractivity contribution in [3.8, 4) is 5.69 Å². The van der Waals surface area contributed by atoms with Crippen molar-refractivity contribution in [3.05, 3.63) is 99.5 Å². The van der Waals surface area contributed by atoms with Gasteiger partial charge in [-0.3, -0.25) is 4.79 Å². The second-order valence-electron chi connectivity index (χ2n) is 11.4. The molecule has 1 aliphatic carbocycles. The van der Waals surface area contributed by atoms with Crippen LogP contribution in [-0.4, -0.2) is 32.6 Å². The highest BCUT2D eigenvalue weighted by atomic mass is 19.3. The second kappa shape index (κ2) is 11.5. The molecule has 42 heavy (non-hydrogen) atoms. The molecule has 0 amide bonds. The number of rotatable bonds is 7. The first-order valence-electron chi connectivity index (χ1n) is 14.7. The molecule has 6 rings (SSSR count). The van der Waals surface area contributed by atoms with Gasteiger partial charge in [0, 0.05) is 31.0 Å². The van der Waals surface area contributed by atoms with Gasteiger partial charge in [0.05, 0.1) is 34.5 Å². The molecule has 0 radical (unpaired) electrons. The van der Waals surface area contributed by atoms with Gasteiger partial charge in [-0.2, -0.15) is 0 Å². The standard InChI is InChI=1S/C33H36F2N6O/c1-22(2)33(34,35)24-15-16-28-29(19-24)39-32(38-28)40-18-17-27-26(21-40)30(42)41(25-13-9-6-10-14-25)31(37-27)36-20-23-11-7-4-3-5-8-12-23/h4,6-7,9-11,13-16,19,22H,3,5,8,12,17-18,20-21H2,1-2H3,(H,36,37)(H,38,39). The molecule has 2 aliphatic rings. The van der Waals surface area contributed by atoms with E-state index in [9.17, 15) is 13.6 Å². The number of nitrogens with zero attached hydrogens (tertiary/aromatic N) is 4. The van der Waals surface area contributed by atoms with Crippen LogP contribution in [0.4, 0.5) is 20.7 Å². The normalized spacial score (nSPS) is 15.8. The molecule has 1 aliphatic heterocycles. The number of aromatic amines is 1. The monoisotopic (exact) mass is 570 g/mol. The lowest BCUT2D eigenvalue weighted by molar-refractivity contribution is -0.0512. The molecule has 7 nitrogen and oxygen atoms in total. The van der Waals surface area contributed by atoms with E-state index in [2.05, 4.69) is 33.5 Å². The van der Waals surface area contributed by atoms with Crippen molar-refractivity contribution in [2.45, 2.75) is 58.4 Å². The number of hydrogen-bond donors (Lipinski definition) is 2. The molecular formula is C33H36F2N6O. The minimum atomic E-state index is -2.94. The van der Waals surface area contributed by atoms with Crippen molar-refractivity contribution in [2.24, 2.45) is 5.92 Å². The topological polar surface area (TPSA) is 78.8 Å². The molecule has 2 N–H and O–H groups in total. The summed E-state index contributed by atoms with van der Waals surface area (Å²) >= 11 is 0. The van der Waals surface area contributed by atoms with Crippen LogP contribution in [-0.2, 0) is 18.9 Å². The lowest BCUT2D eigenvalue weighted by Gasteiger charge is -2.28. The Kier molecular flexibility index (Phi) is 7.66. The average molecular weight is 571 g/mol. The number of para-hydroxylation sites is 1. The summed E-state index contributed by atoms with van der Waals surface area (Å²) in [5.74, 6) is -2.67. The number of fused-ring (bicyclic) bond motifs is 2. The minimum Gasteiger partial charge on any atom is -0.352 e. The average Bonchev–Trinajstić information content (AvgIpc) is 3.41. The molecule has 0 bridgehead atoms. The van der Waals surface area contributed by atoms with Gasteiger partial charge in [0.2, 0.25) is 11.9 Å². The largest absolute Gasteiger partial charge is 0.352 e. The zero-order valence-corrected chi connectivity index (χ0v) is 24.0. The third kappa shape index (κ3) is 5.47. The molecule has 2 aromatic heterocycles. The maximum Gasteiger partial charge on any atom is 0.275 e. The summed E-state index contributed by atoms with van der Waals surface area (Å²) in [6.07, 6.45) is 11.5. The first-order valence-corrected chi connectivity index (χ1v) is 14.7. The SMILES string of the molecule is CC(C)C(F)(F)c1ccc2nc(N3CCc4nc(NCC5=CC=CCCCC5)n(-c5ccccc5)c(=O)c4C3)[nH]c2c1. The molecule has 218 valence electrons. The van der Waals surface area contributed by atoms with Crippen molar-refractivity contribution < 1.29 is 8.78 Å². The van der Waals surface area contributed by atoms with Gasteiger partial charge >= 0.3 is 0 Å². The van der Waals surface area contributed by atoms with Crippen molar-refractivity contribution in [1.82, 2.24) is 19.5 Å². The molecule has 0 atom stereocenters. The van der Waals surface area contributed by atoms with Gasteiger partial charge in [-0.25, -0.2) is 23.3 Å². The Morgan fingerprint density at radius 3 is 2.71 bits per heavy atom. The van der Waals surface area contributed by atoms with Gasteiger partial charge in [0.1, 0.15) is 0 Å². The van der Waals surface area contributed by atoms with Crippen molar-refractivity contribution in [2.75, 3.05) is 23.3 Å². The molecule has 0 fully saturated rings. The van der Waals surface area contributed by atoms with Gasteiger partial charge in [-0.05, 0) is 49.9 Å². The number of halogens is 2. The third-order valence-corrected chi connectivity index (χ3v) is 8.18. The number of aromatic nitrogens is 4. The molecule has 2 aromatic carbocycles. The van der Waals surface area contributed by atoms with Crippen LogP contribution in [0, 0.1) is 5.92 Å². The molecule has 0 unspecified atom stereocenters. The number of hydrogen-bond acceptors (Lipinski definition) is 5. The molecular weight excluding hydrogens is 534 g/mol. The Balaban J connectivity index is 1.32. The Morgan fingerprint density at radius 1 is 1.07 bits per heavy atom. The van der Waals surface area contributed by atoms with E-state index in [4.69, 9.17) is 4.98 Å². The minimum absolute atomic E-state index is 0.0367. The Hall–Kier alpha value is -4.27. The van der Waals surface area contributed by atoms with Crippen molar-refractivity contribution >= 4 is 22.9 Å². The number of H-pyrrole nitrogens is 1. The number of anilines is 2. The third-order valence-electron chi connectivity index (χ3n) is 8.18. The van der Waals surface area contributed by atoms with E-state index < -0.39 is 11.8 Å². The summed E-state index contributed by atoms with van der Waals surface area (Å²) in [4.78, 5) is 28.9. The highest BCUT2D eigenvalue weighted by Gasteiger charge is 2.36. The van der Waals surface area contributed by atoms with Crippen LogP contribution in [0.25, 0.3) is 16.7 Å². The lowest BCUT2D eigenvalue weighted by Crippen LogP contribution is -2.39. The van der Waals surface area contributed by atoms with Crippen LogP contribution in [0.2, 0.25) is 0 Å². The summed E-state index contributed by atoms with van der Waals surface area (Å²) in [5, 5.41) is 3.46.